The molecule has 24 heavy (non-hydrogen) atoms. The van der Waals surface area contributed by atoms with E-state index in [4.69, 9.17) is 0 Å². The molecule has 4 aromatic rings. The van der Waals surface area contributed by atoms with Gasteiger partial charge in [-0.05, 0) is 55.0 Å². The minimum Gasteiger partial charge on any atom is -0.380 e. The molecule has 5 nitrogen and oxygen atoms in total. The molecule has 0 amide bonds. The number of nitrogens with one attached hydrogen (secondary N) is 2. The number of hydrogen-bond acceptors (Lipinski definition) is 3. The lowest BCUT2D eigenvalue weighted by Crippen LogP contribution is -2.07. The number of fused-ring (bicyclic) bond motifs is 2. The smallest absolute Gasteiger partial charge is 0.177 e. The first-order valence-corrected chi connectivity index (χ1v) is 8.31. The molecular formula is C19H18N4O. The van der Waals surface area contributed by atoms with Crippen molar-refractivity contribution in [3.63, 3.8) is 0 Å². The van der Waals surface area contributed by atoms with E-state index in [1.807, 2.05) is 24.4 Å². The summed E-state index contributed by atoms with van der Waals surface area (Å²) in [5, 5.41) is 12.2. The molecule has 5 heteroatoms. The average Bonchev–Trinajstić information content (AvgIpc) is 3.15. The number of aliphatic hydroxyl groups is 1. The highest BCUT2D eigenvalue weighted by Gasteiger charge is 2.31. The van der Waals surface area contributed by atoms with Crippen LogP contribution in [0, 0.1) is 6.92 Å². The van der Waals surface area contributed by atoms with Crippen LogP contribution in [-0.4, -0.2) is 25.0 Å². The van der Waals surface area contributed by atoms with Crippen LogP contribution in [0.4, 0.5) is 0 Å². The monoisotopic (exact) mass is 318 g/mol. The quantitative estimate of drug-likeness (QED) is 0.539. The molecule has 1 fully saturated rings. The number of H-pyrrole nitrogens is 2. The molecule has 3 N–H and O–H groups in total. The summed E-state index contributed by atoms with van der Waals surface area (Å²) in [5.41, 5.74) is 6.01. The molecule has 5 rings (SSSR count). The summed E-state index contributed by atoms with van der Waals surface area (Å²) in [6.45, 7) is 2.12. The Kier molecular flexibility index (Phi) is 2.82. The number of hydrogen-bond donors (Lipinski definition) is 3. The largest absolute Gasteiger partial charge is 0.380 e. The number of aryl methyl sites for hydroxylation is 1. The maximum Gasteiger partial charge on any atom is 0.177 e. The second-order valence-corrected chi connectivity index (χ2v) is 6.64. The standard InChI is InChI=1S/C19H18N4O/c1-10-9-13(11-4-5-11)15(12-6-8-20-16(10)12)17(24)19-22-14-3-2-7-21-18(14)23-19/h2-3,6-9,11,17,20,24H,4-5H2,1H3,(H,21,22,23). The van der Waals surface area contributed by atoms with Crippen LogP contribution in [0.25, 0.3) is 22.1 Å². The van der Waals surface area contributed by atoms with Gasteiger partial charge in [-0.15, -0.1) is 0 Å². The zero-order valence-electron chi connectivity index (χ0n) is 13.4. The summed E-state index contributed by atoms with van der Waals surface area (Å²) in [7, 11) is 0. The summed E-state index contributed by atoms with van der Waals surface area (Å²) >= 11 is 0. The van der Waals surface area contributed by atoms with E-state index in [-0.39, 0.29) is 0 Å². The summed E-state index contributed by atoms with van der Waals surface area (Å²) in [5.74, 6) is 1.10. The van der Waals surface area contributed by atoms with E-state index in [2.05, 4.69) is 32.9 Å². The maximum absolute atomic E-state index is 11.1. The Bertz CT molecular complexity index is 1020. The van der Waals surface area contributed by atoms with Crippen LogP contribution < -0.4 is 0 Å². The lowest BCUT2D eigenvalue weighted by molar-refractivity contribution is 0.212. The molecular weight excluding hydrogens is 300 g/mol. The van der Waals surface area contributed by atoms with Gasteiger partial charge in [0.1, 0.15) is 11.9 Å². The molecule has 0 spiro atoms. The van der Waals surface area contributed by atoms with Gasteiger partial charge < -0.3 is 15.1 Å². The Morgan fingerprint density at radius 1 is 1.29 bits per heavy atom. The van der Waals surface area contributed by atoms with Gasteiger partial charge in [0, 0.05) is 28.9 Å². The number of benzene rings is 1. The van der Waals surface area contributed by atoms with Crippen LogP contribution in [-0.2, 0) is 0 Å². The maximum atomic E-state index is 11.1. The Morgan fingerprint density at radius 2 is 2.17 bits per heavy atom. The van der Waals surface area contributed by atoms with Gasteiger partial charge in [-0.1, -0.05) is 6.07 Å². The molecule has 120 valence electrons. The number of imidazole rings is 1. The molecule has 1 saturated carbocycles. The van der Waals surface area contributed by atoms with E-state index in [1.54, 1.807) is 6.20 Å². The van der Waals surface area contributed by atoms with Crippen molar-refractivity contribution < 1.29 is 5.11 Å². The second-order valence-electron chi connectivity index (χ2n) is 6.64. The summed E-state index contributed by atoms with van der Waals surface area (Å²) < 4.78 is 0. The predicted octanol–water partition coefficient (Wildman–Crippen LogP) is 3.71. The molecule has 0 radical (unpaired) electrons. The van der Waals surface area contributed by atoms with Crippen molar-refractivity contribution in [2.75, 3.05) is 0 Å². The second kappa shape index (κ2) is 4.92. The number of aliphatic hydroxyl groups excluding tert-OH is 1. The van der Waals surface area contributed by atoms with E-state index >= 15 is 0 Å². The highest BCUT2D eigenvalue weighted by atomic mass is 16.3. The fourth-order valence-corrected chi connectivity index (χ4v) is 3.63. The van der Waals surface area contributed by atoms with Gasteiger partial charge in [0.15, 0.2) is 5.65 Å². The molecule has 1 aromatic carbocycles. The SMILES string of the molecule is Cc1cc(C2CC2)c(C(O)c2nc3ncccc3[nH]2)c2cc[nH]c12. The fourth-order valence-electron chi connectivity index (χ4n) is 3.63. The van der Waals surface area contributed by atoms with Gasteiger partial charge >= 0.3 is 0 Å². The van der Waals surface area contributed by atoms with E-state index < -0.39 is 6.10 Å². The van der Waals surface area contributed by atoms with Crippen LogP contribution >= 0.6 is 0 Å². The third kappa shape index (κ3) is 1.98. The topological polar surface area (TPSA) is 77.6 Å². The van der Waals surface area contributed by atoms with Crippen LogP contribution in [0.3, 0.4) is 0 Å². The average molecular weight is 318 g/mol. The van der Waals surface area contributed by atoms with Crippen LogP contribution in [0.5, 0.6) is 0 Å². The Hall–Kier alpha value is -2.66. The van der Waals surface area contributed by atoms with E-state index in [9.17, 15) is 5.11 Å². The first-order chi connectivity index (χ1) is 11.7. The minimum absolute atomic E-state index is 0.551. The van der Waals surface area contributed by atoms with Crippen molar-refractivity contribution in [3.8, 4) is 0 Å². The molecule has 0 bridgehead atoms. The van der Waals surface area contributed by atoms with Crippen molar-refractivity contribution >= 4 is 22.1 Å². The highest BCUT2D eigenvalue weighted by Crippen LogP contribution is 2.46. The van der Waals surface area contributed by atoms with Crippen LogP contribution in [0.2, 0.25) is 0 Å². The third-order valence-corrected chi connectivity index (χ3v) is 4.94. The van der Waals surface area contributed by atoms with E-state index in [0.717, 1.165) is 22.0 Å². The van der Waals surface area contributed by atoms with Crippen LogP contribution in [0.15, 0.2) is 36.7 Å². The van der Waals surface area contributed by atoms with Gasteiger partial charge in [0.05, 0.1) is 5.52 Å². The Morgan fingerprint density at radius 3 is 2.96 bits per heavy atom. The number of aromatic amines is 2. The first-order valence-electron chi connectivity index (χ1n) is 8.31. The van der Waals surface area contributed by atoms with Gasteiger partial charge in [-0.2, -0.15) is 0 Å². The van der Waals surface area contributed by atoms with Crippen molar-refractivity contribution in [2.24, 2.45) is 0 Å². The normalized spacial score (nSPS) is 16.1. The predicted molar refractivity (Wildman–Crippen MR) is 93.0 cm³/mol. The summed E-state index contributed by atoms with van der Waals surface area (Å²) in [6, 6.07) is 8.06. The summed E-state index contributed by atoms with van der Waals surface area (Å²) in [6.07, 6.45) is 5.25. The highest BCUT2D eigenvalue weighted by molar-refractivity contribution is 5.88. The van der Waals surface area contributed by atoms with Gasteiger partial charge in [0.25, 0.3) is 0 Å². The van der Waals surface area contributed by atoms with Crippen molar-refractivity contribution in [1.82, 2.24) is 19.9 Å². The zero-order chi connectivity index (χ0) is 16.3. The number of pyridine rings is 1. The molecule has 1 aliphatic rings. The number of nitrogens with zero attached hydrogens (tertiary/aromatic N) is 2. The van der Waals surface area contributed by atoms with Crippen molar-refractivity contribution in [2.45, 2.75) is 31.8 Å². The zero-order valence-corrected chi connectivity index (χ0v) is 13.4. The molecule has 3 heterocycles. The summed E-state index contributed by atoms with van der Waals surface area (Å²) in [4.78, 5) is 15.3. The van der Waals surface area contributed by atoms with Gasteiger partial charge in [-0.3, -0.25) is 0 Å². The molecule has 0 saturated heterocycles. The number of rotatable bonds is 3. The number of aromatic nitrogens is 4. The molecule has 0 aliphatic heterocycles. The Balaban J connectivity index is 1.73. The van der Waals surface area contributed by atoms with E-state index in [0.29, 0.717) is 17.4 Å². The minimum atomic E-state index is -0.784. The fraction of sp³-hybridized carbons (Fsp3) is 0.263. The van der Waals surface area contributed by atoms with E-state index in [1.165, 1.54) is 24.0 Å². The van der Waals surface area contributed by atoms with Gasteiger partial charge in [0.2, 0.25) is 0 Å². The van der Waals surface area contributed by atoms with Crippen molar-refractivity contribution in [3.05, 3.63) is 59.2 Å². The van der Waals surface area contributed by atoms with Crippen LogP contribution in [0.1, 0.15) is 47.4 Å². The molecule has 3 aromatic heterocycles. The lowest BCUT2D eigenvalue weighted by Gasteiger charge is -2.17. The lowest BCUT2D eigenvalue weighted by atomic mass is 9.92. The third-order valence-electron chi connectivity index (χ3n) is 4.94. The first kappa shape index (κ1) is 13.7. The Labute approximate surface area is 138 Å². The van der Waals surface area contributed by atoms with Gasteiger partial charge in [-0.25, -0.2) is 9.97 Å². The molecule has 1 unspecified atom stereocenters. The molecule has 1 atom stereocenters. The van der Waals surface area contributed by atoms with Crippen molar-refractivity contribution in [1.29, 1.82) is 0 Å². The molecule has 1 aliphatic carbocycles.